The minimum Gasteiger partial charge on any atom is -0.494 e. The number of hydrogen-bond donors (Lipinski definition) is 2. The lowest BCUT2D eigenvalue weighted by Gasteiger charge is -2.14. The van der Waals surface area contributed by atoms with Gasteiger partial charge in [-0.15, -0.1) is 0 Å². The predicted molar refractivity (Wildman–Crippen MR) is 112 cm³/mol. The van der Waals surface area contributed by atoms with Crippen molar-refractivity contribution >= 4 is 27.5 Å². The highest BCUT2D eigenvalue weighted by Gasteiger charge is 2.25. The highest BCUT2D eigenvalue weighted by Crippen LogP contribution is 2.48. The predicted octanol–water partition coefficient (Wildman–Crippen LogP) is 5.26. The average Bonchev–Trinajstić information content (AvgIpc) is 3.07. The topological polar surface area (TPSA) is 80.9 Å². The van der Waals surface area contributed by atoms with Crippen molar-refractivity contribution in [1.82, 2.24) is 4.57 Å². The Balaban J connectivity index is 2.03. The molecule has 0 atom stereocenters. The zero-order valence-corrected chi connectivity index (χ0v) is 16.8. The van der Waals surface area contributed by atoms with E-state index in [1.165, 1.54) is 18.3 Å². The van der Waals surface area contributed by atoms with Gasteiger partial charge in [-0.2, -0.15) is 8.78 Å². The number of benzene rings is 3. The number of halogens is 3. The van der Waals surface area contributed by atoms with Crippen molar-refractivity contribution in [1.29, 1.82) is 0 Å². The molecule has 1 heterocycles. The summed E-state index contributed by atoms with van der Waals surface area (Å²) >= 11 is 0. The molecule has 0 saturated heterocycles. The maximum atomic E-state index is 14.8. The molecule has 4 rings (SSSR count). The lowest BCUT2D eigenvalue weighted by Crippen LogP contribution is -2.03. The van der Waals surface area contributed by atoms with E-state index >= 15 is 0 Å². The molecular weight excluding hydrogens is 427 g/mol. The summed E-state index contributed by atoms with van der Waals surface area (Å²) in [5, 5.41) is 20.9. The summed E-state index contributed by atoms with van der Waals surface area (Å²) in [5.41, 5.74) is 0.139. The van der Waals surface area contributed by atoms with Gasteiger partial charge in [0, 0.05) is 17.0 Å². The first kappa shape index (κ1) is 21.4. The van der Waals surface area contributed by atoms with Gasteiger partial charge in [0.25, 0.3) is 0 Å². The number of carbonyl (C=O) groups is 1. The second kappa shape index (κ2) is 8.33. The van der Waals surface area contributed by atoms with Crippen LogP contribution < -0.4 is 9.47 Å². The maximum Gasteiger partial charge on any atom is 0.387 e. The fourth-order valence-electron chi connectivity index (χ4n) is 3.77. The summed E-state index contributed by atoms with van der Waals surface area (Å²) in [7, 11) is 0. The van der Waals surface area contributed by atoms with Crippen LogP contribution in [0.4, 0.5) is 13.2 Å². The molecule has 3 aromatic carbocycles. The van der Waals surface area contributed by atoms with Crippen LogP contribution in [0.15, 0.2) is 48.7 Å². The number of carboxylic acid groups (broad SMARTS) is 1. The fourth-order valence-corrected chi connectivity index (χ4v) is 3.77. The van der Waals surface area contributed by atoms with E-state index in [-0.39, 0.29) is 46.6 Å². The largest absolute Gasteiger partial charge is 0.494 e. The van der Waals surface area contributed by atoms with E-state index in [1.807, 2.05) is 0 Å². The molecule has 6 nitrogen and oxygen atoms in total. The molecular formula is C23H18F3NO5. The number of ether oxygens (including phenoxy) is 2. The number of rotatable bonds is 7. The van der Waals surface area contributed by atoms with E-state index in [0.29, 0.717) is 10.8 Å². The Labute approximate surface area is 180 Å². The first-order chi connectivity index (χ1) is 15.3. The Bertz CT molecular complexity index is 1330. The summed E-state index contributed by atoms with van der Waals surface area (Å²) in [6.07, 6.45) is 0.912. The van der Waals surface area contributed by atoms with Crippen LogP contribution in [0.1, 0.15) is 12.5 Å². The molecule has 0 spiro atoms. The molecule has 0 saturated carbocycles. The smallest absolute Gasteiger partial charge is 0.387 e. The van der Waals surface area contributed by atoms with Gasteiger partial charge >= 0.3 is 12.6 Å². The van der Waals surface area contributed by atoms with Gasteiger partial charge in [0.15, 0.2) is 0 Å². The molecule has 32 heavy (non-hydrogen) atoms. The van der Waals surface area contributed by atoms with Gasteiger partial charge in [-0.25, -0.2) is 4.39 Å². The Morgan fingerprint density at radius 1 is 1.09 bits per heavy atom. The molecule has 0 unspecified atom stereocenters. The van der Waals surface area contributed by atoms with Gasteiger partial charge < -0.3 is 19.7 Å². The van der Waals surface area contributed by atoms with Crippen LogP contribution in [0.5, 0.6) is 17.4 Å². The van der Waals surface area contributed by atoms with E-state index in [0.717, 1.165) is 10.6 Å². The molecule has 0 aliphatic rings. The molecule has 0 aliphatic heterocycles. The minimum atomic E-state index is -3.13. The SMILES string of the molecule is CCOc1c2ccccc2c(OC(F)F)c2cn(-c3ccc(CC(=O)O)cc3F)c(O)c12. The van der Waals surface area contributed by atoms with Crippen molar-refractivity contribution in [2.75, 3.05) is 6.61 Å². The number of nitrogens with zero attached hydrogens (tertiary/aromatic N) is 1. The Hall–Kier alpha value is -3.88. The van der Waals surface area contributed by atoms with Crippen LogP contribution in [0.3, 0.4) is 0 Å². The molecule has 9 heteroatoms. The van der Waals surface area contributed by atoms with Crippen molar-refractivity contribution in [3.63, 3.8) is 0 Å². The van der Waals surface area contributed by atoms with E-state index in [2.05, 4.69) is 0 Å². The second-order valence-corrected chi connectivity index (χ2v) is 6.98. The lowest BCUT2D eigenvalue weighted by atomic mass is 10.0. The van der Waals surface area contributed by atoms with Crippen LogP contribution in [0, 0.1) is 5.82 Å². The van der Waals surface area contributed by atoms with Crippen molar-refractivity contribution in [3.8, 4) is 23.1 Å². The van der Waals surface area contributed by atoms with E-state index < -0.39 is 24.3 Å². The zero-order chi connectivity index (χ0) is 23.0. The van der Waals surface area contributed by atoms with E-state index in [4.69, 9.17) is 14.6 Å². The summed E-state index contributed by atoms with van der Waals surface area (Å²) < 4.78 is 52.9. The quantitative estimate of drug-likeness (QED) is 0.406. The van der Waals surface area contributed by atoms with Crippen LogP contribution >= 0.6 is 0 Å². The maximum absolute atomic E-state index is 14.8. The number of alkyl halides is 2. The van der Waals surface area contributed by atoms with Gasteiger partial charge in [0.2, 0.25) is 5.88 Å². The van der Waals surface area contributed by atoms with E-state index in [1.54, 1.807) is 31.2 Å². The molecule has 0 aliphatic carbocycles. The second-order valence-electron chi connectivity index (χ2n) is 6.98. The van der Waals surface area contributed by atoms with Gasteiger partial charge in [-0.05, 0) is 24.6 Å². The molecule has 0 bridgehead atoms. The van der Waals surface area contributed by atoms with Crippen LogP contribution in [0.25, 0.3) is 27.2 Å². The summed E-state index contributed by atoms with van der Waals surface area (Å²) in [4.78, 5) is 10.9. The minimum absolute atomic E-state index is 0.0928. The van der Waals surface area contributed by atoms with Crippen LogP contribution in [0.2, 0.25) is 0 Å². The standard InChI is InChI=1S/C23H18F3NO5/c1-2-31-21-14-6-4-3-5-13(14)20(32-23(25)26)15-11-27(22(30)19(15)21)17-8-7-12(9-16(17)24)10-18(28)29/h3-9,11,23,30H,2,10H2,1H3,(H,28,29). The number of carboxylic acids is 1. The molecule has 0 fully saturated rings. The monoisotopic (exact) mass is 445 g/mol. The number of hydrogen-bond acceptors (Lipinski definition) is 4. The normalized spacial score (nSPS) is 11.4. The average molecular weight is 445 g/mol. The lowest BCUT2D eigenvalue weighted by molar-refractivity contribution is -0.136. The summed E-state index contributed by atoms with van der Waals surface area (Å²) in [6.45, 7) is -1.16. The Kier molecular flexibility index (Phi) is 5.56. The Morgan fingerprint density at radius 3 is 2.38 bits per heavy atom. The first-order valence-electron chi connectivity index (χ1n) is 9.68. The van der Waals surface area contributed by atoms with Crippen LogP contribution in [-0.4, -0.2) is 34.0 Å². The first-order valence-corrected chi connectivity index (χ1v) is 9.68. The highest BCUT2D eigenvalue weighted by molar-refractivity contribution is 6.13. The fraction of sp³-hybridized carbons (Fsp3) is 0.174. The molecule has 1 aromatic heterocycles. The number of aromatic hydroxyl groups is 1. The molecule has 0 amide bonds. The van der Waals surface area contributed by atoms with Crippen molar-refractivity contribution in [2.24, 2.45) is 0 Å². The third-order valence-corrected chi connectivity index (χ3v) is 4.99. The van der Waals surface area contributed by atoms with Gasteiger partial charge in [-0.1, -0.05) is 30.3 Å². The molecule has 2 N–H and O–H groups in total. The number of aromatic nitrogens is 1. The van der Waals surface area contributed by atoms with Gasteiger partial charge in [-0.3, -0.25) is 9.36 Å². The van der Waals surface area contributed by atoms with Gasteiger partial charge in [0.1, 0.15) is 17.3 Å². The van der Waals surface area contributed by atoms with Gasteiger partial charge in [0.05, 0.1) is 29.5 Å². The van der Waals surface area contributed by atoms with E-state index in [9.17, 15) is 23.1 Å². The zero-order valence-electron chi connectivity index (χ0n) is 16.8. The third kappa shape index (κ3) is 3.66. The van der Waals surface area contributed by atoms with Crippen molar-refractivity contribution in [2.45, 2.75) is 20.0 Å². The summed E-state index contributed by atoms with van der Waals surface area (Å²) in [5.74, 6) is -2.27. The number of aliphatic carboxylic acids is 1. The molecule has 166 valence electrons. The molecule has 0 radical (unpaired) electrons. The highest BCUT2D eigenvalue weighted by atomic mass is 19.3. The molecule has 4 aromatic rings. The third-order valence-electron chi connectivity index (χ3n) is 4.99. The van der Waals surface area contributed by atoms with Crippen molar-refractivity contribution < 1.29 is 37.7 Å². The Morgan fingerprint density at radius 2 is 1.78 bits per heavy atom. The summed E-state index contributed by atoms with van der Waals surface area (Å²) in [6, 6.07) is 10.3. The van der Waals surface area contributed by atoms with Crippen molar-refractivity contribution in [3.05, 3.63) is 60.0 Å². The number of fused-ring (bicyclic) bond motifs is 2. The van der Waals surface area contributed by atoms with Crippen LogP contribution in [-0.2, 0) is 11.2 Å².